The first kappa shape index (κ1) is 15.4. The molecule has 2 amide bonds. The summed E-state index contributed by atoms with van der Waals surface area (Å²) in [5.41, 5.74) is 12.8. The quantitative estimate of drug-likeness (QED) is 0.736. The largest absolute Gasteiger partial charge is 0.410 e. The third-order valence-electron chi connectivity index (χ3n) is 2.96. The van der Waals surface area contributed by atoms with Gasteiger partial charge in [-0.25, -0.2) is 4.79 Å². The molecule has 2 aromatic rings. The maximum atomic E-state index is 11.9. The summed E-state index contributed by atoms with van der Waals surface area (Å²) in [5, 5.41) is 2.74. The van der Waals surface area contributed by atoms with Gasteiger partial charge in [0.25, 0.3) is 0 Å². The van der Waals surface area contributed by atoms with E-state index in [-0.39, 0.29) is 11.7 Å². The predicted molar refractivity (Wildman–Crippen MR) is 84.5 cm³/mol. The number of hydrogen-bond donors (Lipinski definition) is 3. The molecular weight excluding hydrogens is 282 g/mol. The number of anilines is 2. The fourth-order valence-electron chi connectivity index (χ4n) is 1.92. The Labute approximate surface area is 128 Å². The van der Waals surface area contributed by atoms with Crippen LogP contribution < -0.4 is 21.5 Å². The molecule has 0 fully saturated rings. The van der Waals surface area contributed by atoms with Crippen molar-refractivity contribution in [2.45, 2.75) is 12.8 Å². The summed E-state index contributed by atoms with van der Waals surface area (Å²) in [5.74, 6) is 0.150. The van der Waals surface area contributed by atoms with Crippen molar-refractivity contribution in [3.05, 3.63) is 54.1 Å². The molecule has 0 radical (unpaired) electrons. The van der Waals surface area contributed by atoms with E-state index in [9.17, 15) is 9.59 Å². The standard InChI is InChI=1S/C16H17N3O3/c17-12-7-4-11(5-8-12)6-9-15(20)19-13-2-1-3-14(10-13)22-16(18)21/h1-5,7-8,10H,6,9,17H2,(H2,18,21)(H,19,20). The number of carbonyl (C=O) groups is 2. The van der Waals surface area contributed by atoms with Crippen molar-refractivity contribution in [1.82, 2.24) is 0 Å². The predicted octanol–water partition coefficient (Wildman–Crippen LogP) is 2.30. The lowest BCUT2D eigenvalue weighted by Gasteiger charge is -2.07. The van der Waals surface area contributed by atoms with E-state index in [0.717, 1.165) is 5.56 Å². The molecule has 5 N–H and O–H groups in total. The molecular formula is C16H17N3O3. The van der Waals surface area contributed by atoms with Crippen LogP contribution in [0.25, 0.3) is 0 Å². The van der Waals surface area contributed by atoms with Crippen molar-refractivity contribution in [3.8, 4) is 5.75 Å². The third-order valence-corrected chi connectivity index (χ3v) is 2.96. The molecule has 0 aromatic heterocycles. The van der Waals surface area contributed by atoms with Crippen LogP contribution in [0, 0.1) is 0 Å². The van der Waals surface area contributed by atoms with Gasteiger partial charge in [0.2, 0.25) is 5.91 Å². The Balaban J connectivity index is 1.89. The molecule has 6 heteroatoms. The Morgan fingerprint density at radius 2 is 1.82 bits per heavy atom. The zero-order valence-corrected chi connectivity index (χ0v) is 11.9. The van der Waals surface area contributed by atoms with Crippen molar-refractivity contribution >= 4 is 23.4 Å². The van der Waals surface area contributed by atoms with Gasteiger partial charge >= 0.3 is 6.09 Å². The molecule has 114 valence electrons. The van der Waals surface area contributed by atoms with Gasteiger partial charge in [0.05, 0.1) is 0 Å². The number of nitrogen functional groups attached to an aromatic ring is 1. The van der Waals surface area contributed by atoms with Crippen LogP contribution in [0.1, 0.15) is 12.0 Å². The first-order valence-electron chi connectivity index (χ1n) is 6.74. The number of rotatable bonds is 5. The molecule has 0 saturated carbocycles. The van der Waals surface area contributed by atoms with E-state index in [1.807, 2.05) is 12.1 Å². The monoisotopic (exact) mass is 299 g/mol. The molecule has 0 heterocycles. The smallest absolute Gasteiger partial charge is 0.409 e. The van der Waals surface area contributed by atoms with Crippen LogP contribution in [-0.2, 0) is 11.2 Å². The zero-order chi connectivity index (χ0) is 15.9. The van der Waals surface area contributed by atoms with Gasteiger partial charge in [-0.1, -0.05) is 18.2 Å². The number of nitrogens with one attached hydrogen (secondary N) is 1. The van der Waals surface area contributed by atoms with Gasteiger partial charge in [0.15, 0.2) is 0 Å². The normalized spacial score (nSPS) is 10.0. The molecule has 2 rings (SSSR count). The van der Waals surface area contributed by atoms with Crippen molar-refractivity contribution in [2.24, 2.45) is 5.73 Å². The molecule has 2 aromatic carbocycles. The maximum Gasteiger partial charge on any atom is 0.409 e. The average Bonchev–Trinajstić information content (AvgIpc) is 2.46. The lowest BCUT2D eigenvalue weighted by atomic mass is 10.1. The summed E-state index contributed by atoms with van der Waals surface area (Å²) in [6, 6.07) is 13.9. The molecule has 0 aliphatic carbocycles. The second-order valence-corrected chi connectivity index (χ2v) is 4.74. The van der Waals surface area contributed by atoms with Gasteiger partial charge < -0.3 is 21.5 Å². The molecule has 0 spiro atoms. The Morgan fingerprint density at radius 3 is 2.50 bits per heavy atom. The van der Waals surface area contributed by atoms with Crippen molar-refractivity contribution in [3.63, 3.8) is 0 Å². The Morgan fingerprint density at radius 1 is 1.09 bits per heavy atom. The van der Waals surface area contributed by atoms with Crippen molar-refractivity contribution in [2.75, 3.05) is 11.1 Å². The molecule has 0 unspecified atom stereocenters. The van der Waals surface area contributed by atoms with Crippen molar-refractivity contribution < 1.29 is 14.3 Å². The number of aryl methyl sites for hydroxylation is 1. The highest BCUT2D eigenvalue weighted by Gasteiger charge is 2.05. The fraction of sp³-hybridized carbons (Fsp3) is 0.125. The number of benzene rings is 2. The maximum absolute atomic E-state index is 11.9. The van der Waals surface area contributed by atoms with Gasteiger partial charge in [-0.05, 0) is 36.2 Å². The number of carbonyl (C=O) groups excluding carboxylic acids is 2. The molecule has 0 aliphatic heterocycles. The zero-order valence-electron chi connectivity index (χ0n) is 11.9. The first-order chi connectivity index (χ1) is 10.5. The first-order valence-corrected chi connectivity index (χ1v) is 6.74. The lowest BCUT2D eigenvalue weighted by molar-refractivity contribution is -0.116. The van der Waals surface area contributed by atoms with E-state index < -0.39 is 6.09 Å². The SMILES string of the molecule is NC(=O)Oc1cccc(NC(=O)CCc2ccc(N)cc2)c1. The summed E-state index contributed by atoms with van der Waals surface area (Å²) < 4.78 is 4.75. The van der Waals surface area contributed by atoms with E-state index in [2.05, 4.69) is 5.32 Å². The van der Waals surface area contributed by atoms with Crippen LogP contribution in [0.15, 0.2) is 48.5 Å². The van der Waals surface area contributed by atoms with Crippen molar-refractivity contribution in [1.29, 1.82) is 0 Å². The number of primary amides is 1. The van der Waals surface area contributed by atoms with Gasteiger partial charge in [-0.2, -0.15) is 0 Å². The lowest BCUT2D eigenvalue weighted by Crippen LogP contribution is -2.16. The van der Waals surface area contributed by atoms with E-state index in [4.69, 9.17) is 16.2 Å². The van der Waals surface area contributed by atoms with E-state index in [0.29, 0.717) is 24.2 Å². The molecule has 0 saturated heterocycles. The fourth-order valence-corrected chi connectivity index (χ4v) is 1.92. The molecule has 0 bridgehead atoms. The van der Waals surface area contributed by atoms with Gasteiger partial charge in [-0.15, -0.1) is 0 Å². The summed E-state index contributed by atoms with van der Waals surface area (Å²) in [4.78, 5) is 22.6. The number of nitrogens with two attached hydrogens (primary N) is 2. The van der Waals surface area contributed by atoms with E-state index >= 15 is 0 Å². The molecule has 6 nitrogen and oxygen atoms in total. The molecule has 0 atom stereocenters. The average molecular weight is 299 g/mol. The van der Waals surface area contributed by atoms with Crippen LogP contribution in [-0.4, -0.2) is 12.0 Å². The highest BCUT2D eigenvalue weighted by molar-refractivity contribution is 5.91. The molecule has 0 aliphatic rings. The van der Waals surface area contributed by atoms with Crippen LogP contribution >= 0.6 is 0 Å². The van der Waals surface area contributed by atoms with Gasteiger partial charge in [0, 0.05) is 23.9 Å². The summed E-state index contributed by atoms with van der Waals surface area (Å²) in [6.45, 7) is 0. The highest BCUT2D eigenvalue weighted by Crippen LogP contribution is 2.17. The summed E-state index contributed by atoms with van der Waals surface area (Å²) in [7, 11) is 0. The Hall–Kier alpha value is -3.02. The highest BCUT2D eigenvalue weighted by atomic mass is 16.5. The second kappa shape index (κ2) is 7.12. The minimum absolute atomic E-state index is 0.131. The summed E-state index contributed by atoms with van der Waals surface area (Å²) >= 11 is 0. The van der Waals surface area contributed by atoms with Gasteiger partial charge in [-0.3, -0.25) is 4.79 Å². The number of amides is 2. The minimum atomic E-state index is -0.896. The van der Waals surface area contributed by atoms with E-state index in [1.165, 1.54) is 6.07 Å². The van der Waals surface area contributed by atoms with Crippen LogP contribution in [0.3, 0.4) is 0 Å². The van der Waals surface area contributed by atoms with E-state index in [1.54, 1.807) is 30.3 Å². The van der Waals surface area contributed by atoms with Gasteiger partial charge in [0.1, 0.15) is 5.75 Å². The third kappa shape index (κ3) is 4.82. The topological polar surface area (TPSA) is 107 Å². The molecule has 22 heavy (non-hydrogen) atoms. The summed E-state index contributed by atoms with van der Waals surface area (Å²) in [6.07, 6.45) is 0.0563. The minimum Gasteiger partial charge on any atom is -0.410 e. The number of hydrogen-bond acceptors (Lipinski definition) is 4. The Kier molecular flexibility index (Phi) is 4.98. The number of ether oxygens (including phenoxy) is 1. The van der Waals surface area contributed by atoms with Crippen LogP contribution in [0.2, 0.25) is 0 Å². The second-order valence-electron chi connectivity index (χ2n) is 4.74. The van der Waals surface area contributed by atoms with Crippen LogP contribution in [0.4, 0.5) is 16.2 Å². The van der Waals surface area contributed by atoms with Crippen LogP contribution in [0.5, 0.6) is 5.75 Å². The Bertz CT molecular complexity index is 669.